The van der Waals surface area contributed by atoms with Crippen LogP contribution in [0.4, 0.5) is 0 Å². The molecule has 1 heterocycles. The lowest BCUT2D eigenvalue weighted by atomic mass is 9.77. The molecule has 0 aromatic carbocycles. The summed E-state index contributed by atoms with van der Waals surface area (Å²) in [7, 11) is 0. The van der Waals surface area contributed by atoms with Gasteiger partial charge < -0.3 is 10.6 Å². The predicted molar refractivity (Wildman–Crippen MR) is 115 cm³/mol. The van der Waals surface area contributed by atoms with Crippen LogP contribution in [-0.4, -0.2) is 23.3 Å². The largest absolute Gasteiger partial charge is 0.356 e. The molecule has 2 amide bonds. The second-order valence-electron chi connectivity index (χ2n) is 9.35. The fourth-order valence-electron chi connectivity index (χ4n) is 5.19. The lowest BCUT2D eigenvalue weighted by molar-refractivity contribution is -0.129. The quantitative estimate of drug-likeness (QED) is 0.681. The highest BCUT2D eigenvalue weighted by molar-refractivity contribution is 7.09. The van der Waals surface area contributed by atoms with Crippen LogP contribution in [0.2, 0.25) is 0 Å². The summed E-state index contributed by atoms with van der Waals surface area (Å²) < 4.78 is 0. The van der Waals surface area contributed by atoms with Gasteiger partial charge in [-0.15, -0.1) is 11.3 Å². The first-order valence-electron chi connectivity index (χ1n) is 11.7. The Morgan fingerprint density at radius 3 is 2.24 bits per heavy atom. The van der Waals surface area contributed by atoms with Crippen molar-refractivity contribution in [1.29, 1.82) is 0 Å². The van der Waals surface area contributed by atoms with Gasteiger partial charge in [-0.25, -0.2) is 4.98 Å². The minimum Gasteiger partial charge on any atom is -0.356 e. The van der Waals surface area contributed by atoms with Crippen molar-refractivity contribution in [3.63, 3.8) is 0 Å². The smallest absolute Gasteiger partial charge is 0.223 e. The minimum absolute atomic E-state index is 0.0564. The lowest BCUT2D eigenvalue weighted by Crippen LogP contribution is -2.41. The maximum atomic E-state index is 12.6. The Balaban J connectivity index is 1.26. The van der Waals surface area contributed by atoms with Crippen LogP contribution < -0.4 is 10.6 Å². The van der Waals surface area contributed by atoms with E-state index in [1.54, 1.807) is 11.3 Å². The Labute approximate surface area is 178 Å². The van der Waals surface area contributed by atoms with Crippen molar-refractivity contribution in [2.24, 2.45) is 23.7 Å². The van der Waals surface area contributed by atoms with Crippen LogP contribution in [0.25, 0.3) is 0 Å². The molecule has 0 bridgehead atoms. The molecule has 2 N–H and O–H groups in total. The minimum atomic E-state index is 0.0564. The molecule has 4 rings (SSSR count). The zero-order valence-corrected chi connectivity index (χ0v) is 18.2. The van der Waals surface area contributed by atoms with Gasteiger partial charge >= 0.3 is 0 Å². The Morgan fingerprint density at radius 2 is 1.62 bits per heavy atom. The summed E-state index contributed by atoms with van der Waals surface area (Å²) in [5.74, 6) is 1.98. The van der Waals surface area contributed by atoms with Crippen molar-refractivity contribution in [1.82, 2.24) is 15.6 Å². The van der Waals surface area contributed by atoms with E-state index in [0.29, 0.717) is 11.8 Å². The van der Waals surface area contributed by atoms with Crippen LogP contribution in [0.1, 0.15) is 88.1 Å². The molecule has 0 spiro atoms. The summed E-state index contributed by atoms with van der Waals surface area (Å²) >= 11 is 1.65. The standard InChI is InChI=1S/C23H35N3O2S/c27-21(18-5-2-1-3-6-18)25-15-16-9-11-17(12-10-16)20(23-24-13-14-29-23)26-22(28)19-7-4-8-19/h13-14,16-20H,1-12,15H2,(H,25,27)(H,26,28). The molecule has 3 aliphatic carbocycles. The van der Waals surface area contributed by atoms with E-state index in [1.807, 2.05) is 11.6 Å². The average molecular weight is 418 g/mol. The molecule has 160 valence electrons. The third-order valence-corrected chi connectivity index (χ3v) is 8.25. The molecule has 0 aliphatic heterocycles. The molecule has 1 unspecified atom stereocenters. The Morgan fingerprint density at radius 1 is 0.931 bits per heavy atom. The fraction of sp³-hybridized carbons (Fsp3) is 0.783. The van der Waals surface area contributed by atoms with E-state index in [0.717, 1.165) is 62.9 Å². The van der Waals surface area contributed by atoms with Crippen LogP contribution in [0, 0.1) is 23.7 Å². The molecule has 3 aliphatic rings. The topological polar surface area (TPSA) is 71.1 Å². The highest BCUT2D eigenvalue weighted by Gasteiger charge is 2.34. The number of hydrogen-bond acceptors (Lipinski definition) is 4. The number of nitrogens with one attached hydrogen (secondary N) is 2. The summed E-state index contributed by atoms with van der Waals surface area (Å²) in [5.41, 5.74) is 0. The van der Waals surface area contributed by atoms with Crippen molar-refractivity contribution in [2.75, 3.05) is 6.54 Å². The van der Waals surface area contributed by atoms with E-state index in [-0.39, 0.29) is 29.7 Å². The first-order valence-corrected chi connectivity index (χ1v) is 12.6. The molecule has 1 aromatic rings. The number of carbonyl (C=O) groups excluding carboxylic acids is 2. The molecule has 3 saturated carbocycles. The highest BCUT2D eigenvalue weighted by Crippen LogP contribution is 2.38. The molecule has 0 radical (unpaired) electrons. The van der Waals surface area contributed by atoms with E-state index in [2.05, 4.69) is 15.6 Å². The number of hydrogen-bond donors (Lipinski definition) is 2. The predicted octanol–water partition coefficient (Wildman–Crippen LogP) is 4.60. The van der Waals surface area contributed by atoms with Crippen LogP contribution in [0.15, 0.2) is 11.6 Å². The zero-order valence-electron chi connectivity index (χ0n) is 17.4. The summed E-state index contributed by atoms with van der Waals surface area (Å²) in [6, 6.07) is 0.0564. The summed E-state index contributed by atoms with van der Waals surface area (Å²) in [5, 5.41) is 9.63. The average Bonchev–Trinajstić information content (AvgIpc) is 3.24. The number of thiazole rings is 1. The van der Waals surface area contributed by atoms with Crippen molar-refractivity contribution in [3.05, 3.63) is 16.6 Å². The van der Waals surface area contributed by atoms with Gasteiger partial charge in [0.05, 0.1) is 6.04 Å². The monoisotopic (exact) mass is 417 g/mol. The van der Waals surface area contributed by atoms with Gasteiger partial charge in [-0.3, -0.25) is 9.59 Å². The molecule has 1 aromatic heterocycles. The van der Waals surface area contributed by atoms with Crippen molar-refractivity contribution in [2.45, 2.75) is 83.1 Å². The molecular weight excluding hydrogens is 382 g/mol. The van der Waals surface area contributed by atoms with Gasteiger partial charge in [0.1, 0.15) is 5.01 Å². The maximum absolute atomic E-state index is 12.6. The van der Waals surface area contributed by atoms with Gasteiger partial charge in [-0.2, -0.15) is 0 Å². The maximum Gasteiger partial charge on any atom is 0.223 e. The first-order chi connectivity index (χ1) is 14.2. The van der Waals surface area contributed by atoms with Gasteiger partial charge in [0.2, 0.25) is 11.8 Å². The molecule has 29 heavy (non-hydrogen) atoms. The van der Waals surface area contributed by atoms with Crippen LogP contribution in [0.5, 0.6) is 0 Å². The second kappa shape index (κ2) is 10.1. The zero-order chi connectivity index (χ0) is 20.1. The SMILES string of the molecule is O=C(NCC1CCC(C(NC(=O)C2CCC2)c2nccs2)CC1)C1CCCCC1. The third-order valence-electron chi connectivity index (χ3n) is 7.39. The highest BCUT2D eigenvalue weighted by atomic mass is 32.1. The van der Waals surface area contributed by atoms with Gasteiger partial charge in [0.25, 0.3) is 0 Å². The van der Waals surface area contributed by atoms with Gasteiger partial charge in [-0.05, 0) is 63.2 Å². The summed E-state index contributed by atoms with van der Waals surface area (Å²) in [6.07, 6.45) is 15.3. The van der Waals surface area contributed by atoms with Gasteiger partial charge in [0, 0.05) is 30.0 Å². The number of carbonyl (C=O) groups is 2. The molecule has 1 atom stereocenters. The molecule has 3 fully saturated rings. The number of amides is 2. The van der Waals surface area contributed by atoms with E-state index in [4.69, 9.17) is 0 Å². The van der Waals surface area contributed by atoms with E-state index in [9.17, 15) is 9.59 Å². The third kappa shape index (κ3) is 5.39. The molecule has 5 nitrogen and oxygen atoms in total. The summed E-state index contributed by atoms with van der Waals surface area (Å²) in [6.45, 7) is 0.818. The number of nitrogens with zero attached hydrogens (tertiary/aromatic N) is 1. The van der Waals surface area contributed by atoms with E-state index in [1.165, 1.54) is 25.7 Å². The number of rotatable bonds is 7. The van der Waals surface area contributed by atoms with E-state index < -0.39 is 0 Å². The van der Waals surface area contributed by atoms with Gasteiger partial charge in [0.15, 0.2) is 0 Å². The van der Waals surface area contributed by atoms with Crippen molar-refractivity contribution >= 4 is 23.2 Å². The Bertz CT molecular complexity index is 660. The number of aromatic nitrogens is 1. The van der Waals surface area contributed by atoms with Gasteiger partial charge in [-0.1, -0.05) is 25.7 Å². The van der Waals surface area contributed by atoms with Crippen LogP contribution >= 0.6 is 11.3 Å². The molecular formula is C23H35N3O2S. The fourth-order valence-corrected chi connectivity index (χ4v) is 5.97. The van der Waals surface area contributed by atoms with Crippen LogP contribution in [-0.2, 0) is 9.59 Å². The molecule has 6 heteroatoms. The summed E-state index contributed by atoms with van der Waals surface area (Å²) in [4.78, 5) is 29.5. The normalized spacial score (nSPS) is 27.0. The first kappa shape index (κ1) is 20.8. The Hall–Kier alpha value is -1.43. The van der Waals surface area contributed by atoms with E-state index >= 15 is 0 Å². The van der Waals surface area contributed by atoms with Crippen LogP contribution in [0.3, 0.4) is 0 Å². The van der Waals surface area contributed by atoms with Crippen molar-refractivity contribution in [3.8, 4) is 0 Å². The second-order valence-corrected chi connectivity index (χ2v) is 10.3. The Kier molecular flexibility index (Phi) is 7.22. The molecule has 0 saturated heterocycles. The van der Waals surface area contributed by atoms with Crippen molar-refractivity contribution < 1.29 is 9.59 Å². The lowest BCUT2D eigenvalue weighted by Gasteiger charge is -2.35.